The number of nitrogens with zero attached hydrogens (tertiary/aromatic N) is 1. The van der Waals surface area contributed by atoms with E-state index in [9.17, 15) is 18.0 Å². The van der Waals surface area contributed by atoms with E-state index in [0.717, 1.165) is 23.3 Å². The summed E-state index contributed by atoms with van der Waals surface area (Å²) in [7, 11) is 1.58. The van der Waals surface area contributed by atoms with E-state index in [2.05, 4.69) is 15.5 Å². The molecule has 32 heavy (non-hydrogen) atoms. The van der Waals surface area contributed by atoms with E-state index >= 15 is 0 Å². The molecule has 0 spiro atoms. The maximum Gasteiger partial charge on any atom is 0.416 e. The third kappa shape index (κ3) is 6.93. The summed E-state index contributed by atoms with van der Waals surface area (Å²) in [4.78, 5) is 14.9. The third-order valence-electron chi connectivity index (χ3n) is 5.49. The van der Waals surface area contributed by atoms with Gasteiger partial charge in [-0.2, -0.15) is 13.2 Å². The number of halogens is 4. The van der Waals surface area contributed by atoms with Crippen molar-refractivity contribution in [2.75, 3.05) is 26.8 Å². The Kier molecular flexibility index (Phi) is 8.53. The molecule has 1 aliphatic heterocycles. The van der Waals surface area contributed by atoms with Crippen LogP contribution in [0.15, 0.2) is 48.5 Å². The Labute approximate surface area is 190 Å². The minimum Gasteiger partial charge on any atom is -0.383 e. The molecular formula is C23H27ClF3N3O2. The van der Waals surface area contributed by atoms with Gasteiger partial charge < -0.3 is 15.4 Å². The number of hydrogen-bond acceptors (Lipinski definition) is 4. The number of nitrogens with one attached hydrogen (secondary N) is 2. The number of hydrogen-bond donors (Lipinski definition) is 2. The van der Waals surface area contributed by atoms with Crippen LogP contribution in [0.25, 0.3) is 0 Å². The van der Waals surface area contributed by atoms with E-state index < -0.39 is 11.7 Å². The fourth-order valence-electron chi connectivity index (χ4n) is 3.79. The molecule has 1 aliphatic rings. The molecule has 0 aliphatic carbocycles. The van der Waals surface area contributed by atoms with E-state index in [0.29, 0.717) is 44.2 Å². The molecule has 1 amide bonds. The van der Waals surface area contributed by atoms with Crippen LogP contribution >= 0.6 is 11.6 Å². The molecule has 0 radical (unpaired) electrons. The lowest BCUT2D eigenvalue weighted by Crippen LogP contribution is -2.43. The van der Waals surface area contributed by atoms with Crippen LogP contribution in [0.2, 0.25) is 5.02 Å². The number of carbonyl (C=O) groups is 1. The Bertz CT molecular complexity index is 876. The molecule has 1 saturated heterocycles. The van der Waals surface area contributed by atoms with Gasteiger partial charge in [0.05, 0.1) is 18.2 Å². The van der Waals surface area contributed by atoms with Crippen molar-refractivity contribution in [2.45, 2.75) is 37.8 Å². The Morgan fingerprint density at radius 2 is 1.78 bits per heavy atom. The number of methoxy groups -OCH3 is 1. The average molecular weight is 470 g/mol. The lowest BCUT2D eigenvalue weighted by atomic mass is 10.1. The first-order valence-corrected chi connectivity index (χ1v) is 10.8. The van der Waals surface area contributed by atoms with Crippen LogP contribution in [0.5, 0.6) is 0 Å². The maximum atomic E-state index is 12.8. The van der Waals surface area contributed by atoms with E-state index in [-0.39, 0.29) is 18.0 Å². The van der Waals surface area contributed by atoms with Crippen LogP contribution in [0, 0.1) is 0 Å². The molecular weight excluding hydrogens is 443 g/mol. The summed E-state index contributed by atoms with van der Waals surface area (Å²) in [5.74, 6) is -0.0603. The highest BCUT2D eigenvalue weighted by atomic mass is 35.5. The number of amides is 1. The fraction of sp³-hybridized carbons (Fsp3) is 0.435. The van der Waals surface area contributed by atoms with E-state index in [1.54, 1.807) is 7.11 Å². The summed E-state index contributed by atoms with van der Waals surface area (Å²) in [6, 6.07) is 12.4. The highest BCUT2D eigenvalue weighted by molar-refractivity contribution is 6.30. The summed E-state index contributed by atoms with van der Waals surface area (Å²) in [6.45, 7) is 2.54. The van der Waals surface area contributed by atoms with Crippen molar-refractivity contribution in [3.63, 3.8) is 0 Å². The lowest BCUT2D eigenvalue weighted by Gasteiger charge is -2.23. The summed E-state index contributed by atoms with van der Waals surface area (Å²) >= 11 is 5.97. The number of ether oxygens (including phenoxy) is 1. The summed E-state index contributed by atoms with van der Waals surface area (Å²) in [6.07, 6.45) is -3.74. The Morgan fingerprint density at radius 1 is 1.12 bits per heavy atom. The van der Waals surface area contributed by atoms with Crippen LogP contribution < -0.4 is 10.6 Å². The van der Waals surface area contributed by atoms with Gasteiger partial charge in [0.15, 0.2) is 0 Å². The van der Waals surface area contributed by atoms with Crippen LogP contribution in [0.4, 0.5) is 13.2 Å². The molecule has 174 valence electrons. The molecule has 2 aromatic rings. The maximum absolute atomic E-state index is 12.8. The molecule has 3 rings (SSSR count). The van der Waals surface area contributed by atoms with Crippen LogP contribution in [-0.4, -0.2) is 49.7 Å². The second kappa shape index (κ2) is 11.1. The van der Waals surface area contributed by atoms with Crippen molar-refractivity contribution in [3.05, 3.63) is 70.2 Å². The van der Waals surface area contributed by atoms with Gasteiger partial charge >= 0.3 is 6.18 Å². The predicted molar refractivity (Wildman–Crippen MR) is 117 cm³/mol. The first kappa shape index (κ1) is 24.5. The molecule has 2 N–H and O–H groups in total. The highest BCUT2D eigenvalue weighted by Gasteiger charge is 2.36. The molecule has 5 nitrogen and oxygen atoms in total. The zero-order chi connectivity index (χ0) is 23.1. The smallest absolute Gasteiger partial charge is 0.383 e. The summed E-state index contributed by atoms with van der Waals surface area (Å²) < 4.78 is 43.3. The van der Waals surface area contributed by atoms with Crippen molar-refractivity contribution in [2.24, 2.45) is 0 Å². The standard InChI is InChI=1S/C23H27ClF3N3O2/c1-32-11-10-28-22(31)21-12-20(15-30(21)14-17-4-8-19(24)9-5-17)29-13-16-2-6-18(7-3-16)23(25,26)27/h2-9,20-21,29H,10-15H2,1H3,(H,28,31)/t20-,21-/m0/s1. The van der Waals surface area contributed by atoms with E-state index in [1.807, 2.05) is 24.3 Å². The number of rotatable bonds is 9. The van der Waals surface area contributed by atoms with E-state index in [4.69, 9.17) is 16.3 Å². The average Bonchev–Trinajstić information content (AvgIpc) is 3.16. The minimum atomic E-state index is -4.34. The van der Waals surface area contributed by atoms with Crippen molar-refractivity contribution in [1.29, 1.82) is 0 Å². The highest BCUT2D eigenvalue weighted by Crippen LogP contribution is 2.29. The van der Waals surface area contributed by atoms with Gasteiger partial charge in [0.2, 0.25) is 5.91 Å². The van der Waals surface area contributed by atoms with Gasteiger partial charge in [-0.05, 0) is 41.8 Å². The first-order chi connectivity index (χ1) is 15.3. The second-order valence-electron chi connectivity index (χ2n) is 7.86. The topological polar surface area (TPSA) is 53.6 Å². The van der Waals surface area contributed by atoms with E-state index in [1.165, 1.54) is 12.1 Å². The number of alkyl halides is 3. The van der Waals surface area contributed by atoms with Crippen molar-refractivity contribution >= 4 is 17.5 Å². The van der Waals surface area contributed by atoms with Gasteiger partial charge in [0, 0.05) is 44.4 Å². The van der Waals surface area contributed by atoms with Crippen LogP contribution in [0.3, 0.4) is 0 Å². The van der Waals surface area contributed by atoms with Gasteiger partial charge in [-0.25, -0.2) is 0 Å². The predicted octanol–water partition coefficient (Wildman–Crippen LogP) is 3.85. The molecule has 1 fully saturated rings. The monoisotopic (exact) mass is 469 g/mol. The number of carbonyl (C=O) groups excluding carboxylic acids is 1. The van der Waals surface area contributed by atoms with Crippen molar-refractivity contribution in [3.8, 4) is 0 Å². The van der Waals surface area contributed by atoms with Crippen molar-refractivity contribution in [1.82, 2.24) is 15.5 Å². The molecule has 0 unspecified atom stereocenters. The zero-order valence-electron chi connectivity index (χ0n) is 17.8. The van der Waals surface area contributed by atoms with Crippen LogP contribution in [-0.2, 0) is 28.8 Å². The SMILES string of the molecule is COCCNC(=O)[C@@H]1C[C@H](NCc2ccc(C(F)(F)F)cc2)CN1Cc1ccc(Cl)cc1. The summed E-state index contributed by atoms with van der Waals surface area (Å²) in [5.41, 5.74) is 1.15. The Morgan fingerprint density at radius 3 is 2.41 bits per heavy atom. The van der Waals surface area contributed by atoms with Gasteiger partial charge in [0.25, 0.3) is 0 Å². The largest absolute Gasteiger partial charge is 0.416 e. The number of benzene rings is 2. The zero-order valence-corrected chi connectivity index (χ0v) is 18.5. The van der Waals surface area contributed by atoms with Crippen molar-refractivity contribution < 1.29 is 22.7 Å². The summed E-state index contributed by atoms with van der Waals surface area (Å²) in [5, 5.41) is 6.94. The molecule has 9 heteroatoms. The first-order valence-electron chi connectivity index (χ1n) is 10.4. The Balaban J connectivity index is 1.62. The molecule has 1 heterocycles. The fourth-order valence-corrected chi connectivity index (χ4v) is 3.92. The van der Waals surface area contributed by atoms with Gasteiger partial charge in [-0.15, -0.1) is 0 Å². The molecule has 2 aromatic carbocycles. The third-order valence-corrected chi connectivity index (χ3v) is 5.74. The van der Waals surface area contributed by atoms with Gasteiger partial charge in [-0.3, -0.25) is 9.69 Å². The molecule has 2 atom stereocenters. The van der Waals surface area contributed by atoms with Gasteiger partial charge in [-0.1, -0.05) is 35.9 Å². The quantitative estimate of drug-likeness (QED) is 0.548. The van der Waals surface area contributed by atoms with Gasteiger partial charge in [0.1, 0.15) is 0 Å². The lowest BCUT2D eigenvalue weighted by molar-refractivity contribution is -0.137. The molecule has 0 bridgehead atoms. The second-order valence-corrected chi connectivity index (χ2v) is 8.30. The molecule has 0 aromatic heterocycles. The Hall–Kier alpha value is -2.13. The normalized spacial score (nSPS) is 19.3. The number of likely N-dealkylation sites (tertiary alicyclic amines) is 1. The molecule has 0 saturated carbocycles. The van der Waals surface area contributed by atoms with Crippen LogP contribution in [0.1, 0.15) is 23.1 Å². The minimum absolute atomic E-state index is 0.0303.